The predicted molar refractivity (Wildman–Crippen MR) is 94.8 cm³/mol. The van der Waals surface area contributed by atoms with Crippen molar-refractivity contribution in [1.82, 2.24) is 0 Å². The number of hydrogen-bond acceptors (Lipinski definition) is 5. The summed E-state index contributed by atoms with van der Waals surface area (Å²) in [6.07, 6.45) is -0.751. The average molecular weight is 338 g/mol. The summed E-state index contributed by atoms with van der Waals surface area (Å²) in [6, 6.07) is 14.3. The van der Waals surface area contributed by atoms with Crippen molar-refractivity contribution in [3.8, 4) is 16.9 Å². The van der Waals surface area contributed by atoms with Crippen molar-refractivity contribution in [2.24, 2.45) is 0 Å². The Hall–Kier alpha value is -3.08. The number of rotatable bonds is 4. The highest BCUT2D eigenvalue weighted by atomic mass is 16.6. The first-order valence-corrected chi connectivity index (χ1v) is 7.88. The normalized spacial score (nSPS) is 12.0. The number of hydrogen-bond donors (Lipinski definition) is 0. The SMILES string of the molecule is COC(=O)[C@@H](C)Oc1ccc2c(=O)c(-c3ccccc3)c(C)oc2c1. The van der Waals surface area contributed by atoms with Gasteiger partial charge in [-0.2, -0.15) is 0 Å². The van der Waals surface area contributed by atoms with Gasteiger partial charge in [0.05, 0.1) is 18.1 Å². The Morgan fingerprint density at radius 3 is 2.52 bits per heavy atom. The zero-order valence-electron chi connectivity index (χ0n) is 14.2. The summed E-state index contributed by atoms with van der Waals surface area (Å²) in [7, 11) is 1.30. The maximum Gasteiger partial charge on any atom is 0.346 e. The molecule has 0 aliphatic heterocycles. The van der Waals surface area contributed by atoms with E-state index in [-0.39, 0.29) is 5.43 Å². The molecule has 0 fully saturated rings. The fraction of sp³-hybridized carbons (Fsp3) is 0.200. The quantitative estimate of drug-likeness (QED) is 0.679. The molecule has 0 spiro atoms. The summed E-state index contributed by atoms with van der Waals surface area (Å²) in [6.45, 7) is 3.35. The van der Waals surface area contributed by atoms with Crippen LogP contribution in [0.2, 0.25) is 0 Å². The lowest BCUT2D eigenvalue weighted by Gasteiger charge is -2.13. The molecule has 0 bridgehead atoms. The van der Waals surface area contributed by atoms with Crippen molar-refractivity contribution in [1.29, 1.82) is 0 Å². The van der Waals surface area contributed by atoms with Crippen LogP contribution in [-0.2, 0) is 9.53 Å². The van der Waals surface area contributed by atoms with Gasteiger partial charge in [-0.15, -0.1) is 0 Å². The van der Waals surface area contributed by atoms with E-state index in [1.54, 1.807) is 32.0 Å². The van der Waals surface area contributed by atoms with Gasteiger partial charge in [-0.3, -0.25) is 4.79 Å². The largest absolute Gasteiger partial charge is 0.479 e. The second-order valence-corrected chi connectivity index (χ2v) is 5.67. The second kappa shape index (κ2) is 6.81. The number of ether oxygens (including phenoxy) is 2. The van der Waals surface area contributed by atoms with Crippen LogP contribution in [0.4, 0.5) is 0 Å². The molecule has 0 unspecified atom stereocenters. The van der Waals surface area contributed by atoms with Crippen LogP contribution in [0.3, 0.4) is 0 Å². The van der Waals surface area contributed by atoms with E-state index in [2.05, 4.69) is 4.74 Å². The fourth-order valence-electron chi connectivity index (χ4n) is 2.72. The summed E-state index contributed by atoms with van der Waals surface area (Å²) in [5.41, 5.74) is 1.68. The van der Waals surface area contributed by atoms with Crippen LogP contribution in [0.25, 0.3) is 22.1 Å². The van der Waals surface area contributed by atoms with Crippen LogP contribution in [0, 0.1) is 6.92 Å². The molecule has 25 heavy (non-hydrogen) atoms. The Morgan fingerprint density at radius 1 is 1.12 bits per heavy atom. The molecular formula is C20H18O5. The number of benzene rings is 2. The summed E-state index contributed by atoms with van der Waals surface area (Å²) in [4.78, 5) is 24.3. The molecule has 1 atom stereocenters. The van der Waals surface area contributed by atoms with Gasteiger partial charge >= 0.3 is 5.97 Å². The molecule has 0 saturated carbocycles. The molecule has 5 nitrogen and oxygen atoms in total. The van der Waals surface area contributed by atoms with Gasteiger partial charge in [0, 0.05) is 6.07 Å². The third kappa shape index (κ3) is 3.26. The molecule has 2 aromatic carbocycles. The minimum Gasteiger partial charge on any atom is -0.479 e. The summed E-state index contributed by atoms with van der Waals surface area (Å²) in [5, 5.41) is 0.461. The minimum absolute atomic E-state index is 0.0995. The van der Waals surface area contributed by atoms with Crippen molar-refractivity contribution in [3.05, 3.63) is 64.5 Å². The van der Waals surface area contributed by atoms with E-state index in [0.717, 1.165) is 5.56 Å². The highest BCUT2D eigenvalue weighted by Gasteiger charge is 2.17. The van der Waals surface area contributed by atoms with Crippen molar-refractivity contribution in [2.75, 3.05) is 7.11 Å². The summed E-state index contributed by atoms with van der Waals surface area (Å²) >= 11 is 0. The third-order valence-corrected chi connectivity index (χ3v) is 3.95. The van der Waals surface area contributed by atoms with E-state index in [1.165, 1.54) is 7.11 Å². The van der Waals surface area contributed by atoms with Gasteiger partial charge in [0.25, 0.3) is 0 Å². The first kappa shape index (κ1) is 16.8. The van der Waals surface area contributed by atoms with Gasteiger partial charge in [-0.05, 0) is 31.5 Å². The van der Waals surface area contributed by atoms with E-state index < -0.39 is 12.1 Å². The molecule has 5 heteroatoms. The van der Waals surface area contributed by atoms with Gasteiger partial charge in [0.1, 0.15) is 17.1 Å². The Kier molecular flexibility index (Phi) is 4.57. The van der Waals surface area contributed by atoms with Gasteiger partial charge in [0.2, 0.25) is 5.43 Å². The van der Waals surface area contributed by atoms with Crippen molar-refractivity contribution in [3.63, 3.8) is 0 Å². The number of esters is 1. The van der Waals surface area contributed by atoms with E-state index in [0.29, 0.717) is 28.0 Å². The molecule has 128 valence electrons. The lowest BCUT2D eigenvalue weighted by molar-refractivity contribution is -0.147. The first-order valence-electron chi connectivity index (χ1n) is 7.88. The zero-order valence-corrected chi connectivity index (χ0v) is 14.2. The predicted octanol–water partition coefficient (Wildman–Crippen LogP) is 3.71. The van der Waals surface area contributed by atoms with Crippen molar-refractivity contribution >= 4 is 16.9 Å². The molecular weight excluding hydrogens is 320 g/mol. The molecule has 3 aromatic rings. The molecule has 0 aliphatic carbocycles. The first-order chi connectivity index (χ1) is 12.0. The van der Waals surface area contributed by atoms with E-state index >= 15 is 0 Å². The smallest absolute Gasteiger partial charge is 0.346 e. The molecule has 1 heterocycles. The molecule has 0 radical (unpaired) electrons. The van der Waals surface area contributed by atoms with Crippen LogP contribution in [0.5, 0.6) is 5.75 Å². The van der Waals surface area contributed by atoms with E-state index in [1.807, 2.05) is 30.3 Å². The Morgan fingerprint density at radius 2 is 1.84 bits per heavy atom. The van der Waals surface area contributed by atoms with Gasteiger partial charge in [-0.1, -0.05) is 30.3 Å². The second-order valence-electron chi connectivity index (χ2n) is 5.67. The zero-order chi connectivity index (χ0) is 18.0. The molecule has 1 aromatic heterocycles. The van der Waals surface area contributed by atoms with Crippen LogP contribution in [-0.4, -0.2) is 19.2 Å². The summed E-state index contributed by atoms with van der Waals surface area (Å²) in [5.74, 6) is 0.486. The lowest BCUT2D eigenvalue weighted by Crippen LogP contribution is -2.24. The number of carbonyl (C=O) groups is 1. The van der Waals surface area contributed by atoms with Gasteiger partial charge in [0.15, 0.2) is 6.10 Å². The third-order valence-electron chi connectivity index (χ3n) is 3.95. The number of carbonyl (C=O) groups excluding carboxylic acids is 1. The molecule has 0 N–H and O–H groups in total. The van der Waals surface area contributed by atoms with Crippen molar-refractivity contribution in [2.45, 2.75) is 20.0 Å². The van der Waals surface area contributed by atoms with Crippen LogP contribution in [0.15, 0.2) is 57.7 Å². The number of fused-ring (bicyclic) bond motifs is 1. The highest BCUT2D eigenvalue weighted by Crippen LogP contribution is 2.26. The lowest BCUT2D eigenvalue weighted by atomic mass is 10.0. The molecule has 0 saturated heterocycles. The molecule has 0 aliphatic rings. The van der Waals surface area contributed by atoms with Gasteiger partial charge in [-0.25, -0.2) is 4.79 Å². The molecule has 3 rings (SSSR count). The van der Waals surface area contributed by atoms with Crippen LogP contribution >= 0.6 is 0 Å². The summed E-state index contributed by atoms with van der Waals surface area (Å²) < 4.78 is 16.0. The van der Waals surface area contributed by atoms with E-state index in [4.69, 9.17) is 9.15 Å². The van der Waals surface area contributed by atoms with Crippen molar-refractivity contribution < 1.29 is 18.7 Å². The van der Waals surface area contributed by atoms with Crippen LogP contribution < -0.4 is 10.2 Å². The van der Waals surface area contributed by atoms with Gasteiger partial charge < -0.3 is 13.9 Å². The maximum absolute atomic E-state index is 12.9. The highest BCUT2D eigenvalue weighted by molar-refractivity contribution is 5.84. The Bertz CT molecular complexity index is 973. The van der Waals surface area contributed by atoms with Crippen LogP contribution in [0.1, 0.15) is 12.7 Å². The minimum atomic E-state index is -0.751. The monoisotopic (exact) mass is 338 g/mol. The fourth-order valence-corrected chi connectivity index (χ4v) is 2.72. The number of aryl methyl sites for hydroxylation is 1. The Balaban J connectivity index is 2.06. The number of methoxy groups -OCH3 is 1. The average Bonchev–Trinajstić information content (AvgIpc) is 2.61. The molecule has 0 amide bonds. The maximum atomic E-state index is 12.9. The van der Waals surface area contributed by atoms with E-state index in [9.17, 15) is 9.59 Å². The topological polar surface area (TPSA) is 65.7 Å². The Labute approximate surface area is 144 Å². The standard InChI is InChI=1S/C20H18O5/c1-12-18(14-7-5-4-6-8-14)19(21)16-10-9-15(11-17(16)25-12)24-13(2)20(22)23-3/h4-11,13H,1-3H3/t13-/m1/s1.